The van der Waals surface area contributed by atoms with Crippen LogP contribution in [0.2, 0.25) is 0 Å². The molecule has 0 saturated carbocycles. The SMILES string of the molecule is c1ccc2c(c1)CC[C@H]([NH2+]CCc1c[nH]c3ccccc13)C2. The van der Waals surface area contributed by atoms with Crippen molar-refractivity contribution in [3.8, 4) is 0 Å². The van der Waals surface area contributed by atoms with Crippen LogP contribution in [0.1, 0.15) is 23.1 Å². The molecule has 1 atom stereocenters. The summed E-state index contributed by atoms with van der Waals surface area (Å²) in [5, 5.41) is 3.93. The van der Waals surface area contributed by atoms with E-state index in [0.717, 1.165) is 12.5 Å². The summed E-state index contributed by atoms with van der Waals surface area (Å²) in [6.07, 6.45) is 7.09. The standard InChI is InChI=1S/C20H22N2/c1-2-6-16-13-18(10-9-15(16)5-1)21-12-11-17-14-22-20-8-4-3-7-19(17)20/h1-8,14,18,21-22H,9-13H2/p+1/t18-/m0/s1. The van der Waals surface area contributed by atoms with Crippen molar-refractivity contribution >= 4 is 10.9 Å². The van der Waals surface area contributed by atoms with Crippen LogP contribution >= 0.6 is 0 Å². The summed E-state index contributed by atoms with van der Waals surface area (Å²) in [7, 11) is 0. The zero-order valence-corrected chi connectivity index (χ0v) is 12.9. The molecule has 1 heterocycles. The van der Waals surface area contributed by atoms with Crippen LogP contribution in [-0.2, 0) is 19.3 Å². The van der Waals surface area contributed by atoms with Crippen LogP contribution in [0, 0.1) is 0 Å². The third kappa shape index (κ3) is 2.67. The Morgan fingerprint density at radius 3 is 2.77 bits per heavy atom. The van der Waals surface area contributed by atoms with Crippen molar-refractivity contribution in [3.05, 3.63) is 71.4 Å². The quantitative estimate of drug-likeness (QED) is 0.741. The topological polar surface area (TPSA) is 32.4 Å². The molecule has 0 amide bonds. The molecule has 1 aromatic heterocycles. The minimum absolute atomic E-state index is 0.750. The number of aromatic nitrogens is 1. The van der Waals surface area contributed by atoms with Gasteiger partial charge in [0.15, 0.2) is 0 Å². The number of fused-ring (bicyclic) bond motifs is 2. The van der Waals surface area contributed by atoms with Crippen molar-refractivity contribution in [2.45, 2.75) is 31.7 Å². The summed E-state index contributed by atoms with van der Waals surface area (Å²) in [4.78, 5) is 3.38. The van der Waals surface area contributed by atoms with Crippen molar-refractivity contribution in [3.63, 3.8) is 0 Å². The lowest BCUT2D eigenvalue weighted by atomic mass is 9.88. The molecule has 22 heavy (non-hydrogen) atoms. The van der Waals surface area contributed by atoms with Gasteiger partial charge in [-0.15, -0.1) is 0 Å². The number of hydrogen-bond acceptors (Lipinski definition) is 0. The Balaban J connectivity index is 1.36. The number of quaternary nitrogens is 1. The number of aromatic amines is 1. The second kappa shape index (κ2) is 5.98. The van der Waals surface area contributed by atoms with Gasteiger partial charge in [-0.1, -0.05) is 42.5 Å². The molecule has 0 radical (unpaired) electrons. The van der Waals surface area contributed by atoms with E-state index >= 15 is 0 Å². The van der Waals surface area contributed by atoms with E-state index in [2.05, 4.69) is 65.0 Å². The van der Waals surface area contributed by atoms with Crippen molar-refractivity contribution in [1.29, 1.82) is 0 Å². The van der Waals surface area contributed by atoms with Crippen LogP contribution < -0.4 is 5.32 Å². The number of hydrogen-bond donors (Lipinski definition) is 2. The summed E-state index contributed by atoms with van der Waals surface area (Å²) in [6, 6.07) is 18.3. The second-order valence-electron chi connectivity index (χ2n) is 6.41. The van der Waals surface area contributed by atoms with Gasteiger partial charge in [-0.3, -0.25) is 0 Å². The van der Waals surface area contributed by atoms with Crippen molar-refractivity contribution in [2.75, 3.05) is 6.54 Å². The van der Waals surface area contributed by atoms with Gasteiger partial charge in [0.25, 0.3) is 0 Å². The van der Waals surface area contributed by atoms with Gasteiger partial charge in [-0.05, 0) is 29.2 Å². The number of para-hydroxylation sites is 1. The van der Waals surface area contributed by atoms with E-state index in [4.69, 9.17) is 0 Å². The third-order valence-electron chi connectivity index (χ3n) is 4.97. The number of benzene rings is 2. The lowest BCUT2D eigenvalue weighted by Gasteiger charge is -2.23. The molecule has 0 spiro atoms. The van der Waals surface area contributed by atoms with Crippen molar-refractivity contribution < 1.29 is 5.32 Å². The Kier molecular flexibility index (Phi) is 3.69. The molecule has 3 aromatic rings. The molecule has 112 valence electrons. The third-order valence-corrected chi connectivity index (χ3v) is 4.97. The van der Waals surface area contributed by atoms with Gasteiger partial charge in [-0.25, -0.2) is 0 Å². The first-order valence-electron chi connectivity index (χ1n) is 8.35. The number of nitrogens with two attached hydrogens (primary N) is 1. The molecule has 1 aliphatic carbocycles. The van der Waals surface area contributed by atoms with E-state index < -0.39 is 0 Å². The average Bonchev–Trinajstić information content (AvgIpc) is 2.98. The van der Waals surface area contributed by atoms with Crippen LogP contribution in [0.25, 0.3) is 10.9 Å². The lowest BCUT2D eigenvalue weighted by Crippen LogP contribution is -2.91. The molecule has 2 nitrogen and oxygen atoms in total. The fraction of sp³-hybridized carbons (Fsp3) is 0.300. The normalized spacial score (nSPS) is 17.5. The average molecular weight is 291 g/mol. The Morgan fingerprint density at radius 1 is 1.00 bits per heavy atom. The summed E-state index contributed by atoms with van der Waals surface area (Å²) in [5.41, 5.74) is 5.82. The van der Waals surface area contributed by atoms with Gasteiger partial charge in [0.05, 0.1) is 12.6 Å². The zero-order valence-electron chi connectivity index (χ0n) is 12.9. The van der Waals surface area contributed by atoms with Crippen LogP contribution in [0.3, 0.4) is 0 Å². The minimum Gasteiger partial charge on any atom is -0.361 e. The molecular weight excluding hydrogens is 268 g/mol. The van der Waals surface area contributed by atoms with Crippen LogP contribution in [0.15, 0.2) is 54.7 Å². The smallest absolute Gasteiger partial charge is 0.0903 e. The first-order chi connectivity index (χ1) is 10.9. The number of H-pyrrole nitrogens is 1. The highest BCUT2D eigenvalue weighted by Crippen LogP contribution is 2.20. The van der Waals surface area contributed by atoms with E-state index in [9.17, 15) is 0 Å². The molecule has 0 unspecified atom stereocenters. The number of aryl methyl sites for hydroxylation is 1. The fourth-order valence-electron chi connectivity index (χ4n) is 3.74. The van der Waals surface area contributed by atoms with Gasteiger partial charge < -0.3 is 10.3 Å². The molecule has 0 aliphatic heterocycles. The van der Waals surface area contributed by atoms with Gasteiger partial charge in [-0.2, -0.15) is 0 Å². The second-order valence-corrected chi connectivity index (χ2v) is 6.41. The molecule has 2 aromatic carbocycles. The monoisotopic (exact) mass is 291 g/mol. The molecule has 0 fully saturated rings. The van der Waals surface area contributed by atoms with Crippen LogP contribution in [0.5, 0.6) is 0 Å². The molecule has 1 aliphatic rings. The summed E-state index contributed by atoms with van der Waals surface area (Å²) < 4.78 is 0. The predicted molar refractivity (Wildman–Crippen MR) is 91.1 cm³/mol. The maximum Gasteiger partial charge on any atom is 0.0903 e. The van der Waals surface area contributed by atoms with Gasteiger partial charge >= 0.3 is 0 Å². The Labute approximate surface area is 131 Å². The van der Waals surface area contributed by atoms with E-state index in [1.54, 1.807) is 11.1 Å². The van der Waals surface area contributed by atoms with E-state index in [1.165, 1.54) is 42.3 Å². The molecular formula is C20H23N2+. The Hall–Kier alpha value is -2.06. The van der Waals surface area contributed by atoms with Crippen molar-refractivity contribution in [2.24, 2.45) is 0 Å². The summed E-state index contributed by atoms with van der Waals surface area (Å²) in [5.74, 6) is 0. The van der Waals surface area contributed by atoms with E-state index in [1.807, 2.05) is 0 Å². The minimum atomic E-state index is 0.750. The number of rotatable bonds is 4. The van der Waals surface area contributed by atoms with Gasteiger partial charge in [0.1, 0.15) is 0 Å². The fourth-order valence-corrected chi connectivity index (χ4v) is 3.74. The highest BCUT2D eigenvalue weighted by Gasteiger charge is 2.20. The predicted octanol–water partition coefficient (Wildman–Crippen LogP) is 2.83. The first kappa shape index (κ1) is 13.6. The maximum atomic E-state index is 3.38. The maximum absolute atomic E-state index is 3.38. The van der Waals surface area contributed by atoms with E-state index in [-0.39, 0.29) is 0 Å². The Morgan fingerprint density at radius 2 is 1.82 bits per heavy atom. The first-order valence-corrected chi connectivity index (χ1v) is 8.35. The highest BCUT2D eigenvalue weighted by molar-refractivity contribution is 5.82. The molecule has 0 bridgehead atoms. The summed E-state index contributed by atoms with van der Waals surface area (Å²) in [6.45, 7) is 1.18. The lowest BCUT2D eigenvalue weighted by molar-refractivity contribution is -0.689. The van der Waals surface area contributed by atoms with Gasteiger partial charge in [0, 0.05) is 36.4 Å². The van der Waals surface area contributed by atoms with Crippen LogP contribution in [0.4, 0.5) is 0 Å². The van der Waals surface area contributed by atoms with Crippen molar-refractivity contribution in [1.82, 2.24) is 4.98 Å². The summed E-state index contributed by atoms with van der Waals surface area (Å²) >= 11 is 0. The van der Waals surface area contributed by atoms with Gasteiger partial charge in [0.2, 0.25) is 0 Å². The largest absolute Gasteiger partial charge is 0.361 e. The van der Waals surface area contributed by atoms with Crippen LogP contribution in [-0.4, -0.2) is 17.6 Å². The zero-order chi connectivity index (χ0) is 14.8. The number of nitrogens with one attached hydrogen (secondary N) is 1. The molecule has 0 saturated heterocycles. The highest BCUT2D eigenvalue weighted by atomic mass is 14.9. The molecule has 4 rings (SSSR count). The Bertz CT molecular complexity index is 772. The van der Waals surface area contributed by atoms with E-state index in [0.29, 0.717) is 0 Å². The molecule has 3 N–H and O–H groups in total. The molecule has 2 heteroatoms.